The van der Waals surface area contributed by atoms with Gasteiger partial charge in [0, 0.05) is 50.6 Å². The van der Waals surface area contributed by atoms with Gasteiger partial charge < -0.3 is 16.0 Å². The molecule has 0 saturated carbocycles. The van der Waals surface area contributed by atoms with Crippen molar-refractivity contribution in [3.63, 3.8) is 0 Å². The van der Waals surface area contributed by atoms with Crippen LogP contribution in [0.4, 0.5) is 17.1 Å². The Kier molecular flexibility index (Phi) is 4.47. The normalized spacial score (nSPS) is 9.89. The third-order valence-corrected chi connectivity index (χ3v) is 2.32. The number of benzene rings is 1. The second-order valence-electron chi connectivity index (χ2n) is 4.04. The summed E-state index contributed by atoms with van der Waals surface area (Å²) in [7, 11) is 3.35. The molecule has 0 atom stereocenters. The van der Waals surface area contributed by atoms with Crippen LogP contribution in [0.25, 0.3) is 0 Å². The fourth-order valence-corrected chi connectivity index (χ4v) is 1.38. The second kappa shape index (κ2) is 5.85. The first-order valence-corrected chi connectivity index (χ1v) is 5.39. The highest BCUT2D eigenvalue weighted by atomic mass is 16.6. The lowest BCUT2D eigenvalue weighted by Crippen LogP contribution is -2.23. The molecular weight excluding hydrogens is 236 g/mol. The number of nitrogens with two attached hydrogens (primary N) is 1. The standard InChI is InChI=1S/C11H16N4O3/c1-14(2)11(16)3-4-13-9-5-8(12)6-10(7-9)15(17)18/h5-7,13H,3-4,12H2,1-2H3. The van der Waals surface area contributed by atoms with Crippen LogP contribution in [-0.2, 0) is 4.79 Å². The number of nitrogen functional groups attached to an aromatic ring is 1. The van der Waals surface area contributed by atoms with Crippen molar-refractivity contribution in [1.82, 2.24) is 4.90 Å². The number of hydrogen-bond donors (Lipinski definition) is 2. The Bertz CT molecular complexity index is 460. The average Bonchev–Trinajstić information content (AvgIpc) is 2.27. The van der Waals surface area contributed by atoms with E-state index in [9.17, 15) is 14.9 Å². The first-order valence-electron chi connectivity index (χ1n) is 5.39. The monoisotopic (exact) mass is 252 g/mol. The van der Waals surface area contributed by atoms with Gasteiger partial charge in [-0.05, 0) is 6.07 Å². The summed E-state index contributed by atoms with van der Waals surface area (Å²) in [6.45, 7) is 0.400. The number of carbonyl (C=O) groups is 1. The van der Waals surface area contributed by atoms with E-state index in [1.54, 1.807) is 20.2 Å². The second-order valence-corrected chi connectivity index (χ2v) is 4.04. The van der Waals surface area contributed by atoms with Crippen LogP contribution in [0.2, 0.25) is 0 Å². The number of nitrogens with one attached hydrogen (secondary N) is 1. The highest BCUT2D eigenvalue weighted by Crippen LogP contribution is 2.22. The Labute approximate surface area is 105 Å². The number of anilines is 2. The molecule has 98 valence electrons. The van der Waals surface area contributed by atoms with Crippen molar-refractivity contribution >= 4 is 23.0 Å². The molecule has 7 heteroatoms. The zero-order valence-electron chi connectivity index (χ0n) is 10.3. The van der Waals surface area contributed by atoms with Crippen molar-refractivity contribution in [2.45, 2.75) is 6.42 Å². The van der Waals surface area contributed by atoms with Gasteiger partial charge in [0.1, 0.15) is 0 Å². The zero-order chi connectivity index (χ0) is 13.7. The molecule has 0 spiro atoms. The van der Waals surface area contributed by atoms with Crippen molar-refractivity contribution in [2.24, 2.45) is 0 Å². The summed E-state index contributed by atoms with van der Waals surface area (Å²) in [5.74, 6) is -0.0131. The lowest BCUT2D eigenvalue weighted by atomic mass is 10.2. The third-order valence-electron chi connectivity index (χ3n) is 2.32. The average molecular weight is 252 g/mol. The summed E-state index contributed by atoms with van der Waals surface area (Å²) >= 11 is 0. The maximum absolute atomic E-state index is 11.3. The van der Waals surface area contributed by atoms with Gasteiger partial charge in [0.05, 0.1) is 4.92 Å². The quantitative estimate of drug-likeness (QED) is 0.463. The summed E-state index contributed by atoms with van der Waals surface area (Å²) in [6, 6.07) is 4.26. The molecular formula is C11H16N4O3. The van der Waals surface area contributed by atoms with Crippen molar-refractivity contribution in [2.75, 3.05) is 31.7 Å². The van der Waals surface area contributed by atoms with Gasteiger partial charge in [0.15, 0.2) is 0 Å². The van der Waals surface area contributed by atoms with Gasteiger partial charge in [-0.3, -0.25) is 14.9 Å². The summed E-state index contributed by atoms with van der Waals surface area (Å²) in [5.41, 5.74) is 6.33. The predicted molar refractivity (Wildman–Crippen MR) is 69.3 cm³/mol. The van der Waals surface area contributed by atoms with Crippen LogP contribution in [0.3, 0.4) is 0 Å². The molecule has 0 aromatic heterocycles. The van der Waals surface area contributed by atoms with Crippen LogP contribution in [0.1, 0.15) is 6.42 Å². The number of hydrogen-bond acceptors (Lipinski definition) is 5. The molecule has 0 aliphatic heterocycles. The van der Waals surface area contributed by atoms with Crippen LogP contribution >= 0.6 is 0 Å². The molecule has 18 heavy (non-hydrogen) atoms. The Hall–Kier alpha value is -2.31. The summed E-state index contributed by atoms with van der Waals surface area (Å²) in [6.07, 6.45) is 0.315. The number of amides is 1. The van der Waals surface area contributed by atoms with Gasteiger partial charge in [-0.2, -0.15) is 0 Å². The van der Waals surface area contributed by atoms with Crippen LogP contribution in [-0.4, -0.2) is 36.4 Å². The lowest BCUT2D eigenvalue weighted by Gasteiger charge is -2.11. The van der Waals surface area contributed by atoms with Gasteiger partial charge in [-0.15, -0.1) is 0 Å². The van der Waals surface area contributed by atoms with Crippen molar-refractivity contribution in [3.05, 3.63) is 28.3 Å². The minimum absolute atomic E-state index is 0.0131. The van der Waals surface area contributed by atoms with Gasteiger partial charge in [-0.25, -0.2) is 0 Å². The maximum atomic E-state index is 11.3. The predicted octanol–water partition coefficient (Wildman–Crippen LogP) is 1.07. The number of carbonyl (C=O) groups excluding carboxylic acids is 1. The van der Waals surface area contributed by atoms with E-state index in [1.165, 1.54) is 17.0 Å². The molecule has 0 heterocycles. The lowest BCUT2D eigenvalue weighted by molar-refractivity contribution is -0.384. The van der Waals surface area contributed by atoms with Crippen LogP contribution in [0, 0.1) is 10.1 Å². The van der Waals surface area contributed by atoms with Crippen LogP contribution in [0.5, 0.6) is 0 Å². The van der Waals surface area contributed by atoms with Crippen molar-refractivity contribution < 1.29 is 9.72 Å². The van der Waals surface area contributed by atoms with E-state index >= 15 is 0 Å². The molecule has 1 aromatic carbocycles. The van der Waals surface area contributed by atoms with E-state index < -0.39 is 4.92 Å². The Morgan fingerprint density at radius 2 is 2.11 bits per heavy atom. The number of rotatable bonds is 5. The molecule has 0 radical (unpaired) electrons. The van der Waals surface area contributed by atoms with E-state index in [0.717, 1.165) is 0 Å². The molecule has 0 fully saturated rings. The fraction of sp³-hybridized carbons (Fsp3) is 0.364. The Morgan fingerprint density at radius 3 is 2.67 bits per heavy atom. The molecule has 3 N–H and O–H groups in total. The Balaban J connectivity index is 2.62. The summed E-state index contributed by atoms with van der Waals surface area (Å²) in [4.78, 5) is 22.9. The largest absolute Gasteiger partial charge is 0.398 e. The minimum Gasteiger partial charge on any atom is -0.398 e. The molecule has 1 aromatic rings. The summed E-state index contributed by atoms with van der Waals surface area (Å²) < 4.78 is 0. The van der Waals surface area contributed by atoms with E-state index in [0.29, 0.717) is 24.3 Å². The number of nitro groups is 1. The Morgan fingerprint density at radius 1 is 1.44 bits per heavy atom. The zero-order valence-corrected chi connectivity index (χ0v) is 10.3. The van der Waals surface area contributed by atoms with Gasteiger partial charge in [-0.1, -0.05) is 0 Å². The molecule has 1 rings (SSSR count). The summed E-state index contributed by atoms with van der Waals surface area (Å²) in [5, 5.41) is 13.6. The van der Waals surface area contributed by atoms with Crippen molar-refractivity contribution in [3.8, 4) is 0 Å². The molecule has 0 bridgehead atoms. The van der Waals surface area contributed by atoms with Gasteiger partial charge >= 0.3 is 0 Å². The van der Waals surface area contributed by atoms with Gasteiger partial charge in [0.2, 0.25) is 5.91 Å². The van der Waals surface area contributed by atoms with E-state index in [1.807, 2.05) is 0 Å². The molecule has 1 amide bonds. The number of nitrogens with zero attached hydrogens (tertiary/aromatic N) is 2. The smallest absolute Gasteiger partial charge is 0.273 e. The van der Waals surface area contributed by atoms with E-state index in [-0.39, 0.29) is 11.6 Å². The van der Waals surface area contributed by atoms with Crippen LogP contribution in [0.15, 0.2) is 18.2 Å². The fourth-order valence-electron chi connectivity index (χ4n) is 1.38. The molecule has 0 saturated heterocycles. The molecule has 0 aliphatic carbocycles. The highest BCUT2D eigenvalue weighted by molar-refractivity contribution is 5.76. The molecule has 0 aliphatic rings. The van der Waals surface area contributed by atoms with Crippen molar-refractivity contribution in [1.29, 1.82) is 0 Å². The topological polar surface area (TPSA) is 102 Å². The first-order chi connectivity index (χ1) is 8.40. The third kappa shape index (κ3) is 3.93. The van der Waals surface area contributed by atoms with E-state index in [2.05, 4.69) is 5.32 Å². The molecule has 7 nitrogen and oxygen atoms in total. The molecule has 0 unspecified atom stereocenters. The minimum atomic E-state index is -0.507. The SMILES string of the molecule is CN(C)C(=O)CCNc1cc(N)cc([N+](=O)[O-])c1. The maximum Gasteiger partial charge on any atom is 0.273 e. The number of nitro benzene ring substituents is 1. The van der Waals surface area contributed by atoms with Crippen LogP contribution < -0.4 is 11.1 Å². The number of non-ortho nitro benzene ring substituents is 1. The van der Waals surface area contributed by atoms with Gasteiger partial charge in [0.25, 0.3) is 5.69 Å². The first kappa shape index (κ1) is 13.8. The van der Waals surface area contributed by atoms with E-state index in [4.69, 9.17) is 5.73 Å². The highest BCUT2D eigenvalue weighted by Gasteiger charge is 2.09.